The van der Waals surface area contributed by atoms with E-state index in [1.807, 2.05) is 30.3 Å². The Hall–Kier alpha value is -3.54. The fraction of sp³-hybridized carbons (Fsp3) is 0.143. The van der Waals surface area contributed by atoms with Gasteiger partial charge in [-0.05, 0) is 36.4 Å². The highest BCUT2D eigenvalue weighted by Crippen LogP contribution is 2.50. The lowest BCUT2D eigenvalue weighted by molar-refractivity contribution is -0.172. The van der Waals surface area contributed by atoms with Crippen molar-refractivity contribution in [3.63, 3.8) is 0 Å². The second kappa shape index (κ2) is 5.48. The number of hydroxylamine groups is 2. The summed E-state index contributed by atoms with van der Waals surface area (Å²) in [6.45, 7) is 0. The summed E-state index contributed by atoms with van der Waals surface area (Å²) < 4.78 is 0. The molecule has 0 N–H and O–H groups in total. The minimum atomic E-state index is -0.920. The summed E-state index contributed by atoms with van der Waals surface area (Å²) in [6, 6.07) is 16.0. The van der Waals surface area contributed by atoms with Gasteiger partial charge in [0.15, 0.2) is 0 Å². The van der Waals surface area contributed by atoms with Crippen LogP contribution in [-0.2, 0) is 15.0 Å². The number of carbonyl (C=O) groups is 3. The van der Waals surface area contributed by atoms with Crippen LogP contribution in [0.2, 0.25) is 0 Å². The molecule has 0 radical (unpaired) electrons. The minimum absolute atomic E-state index is 0.239. The van der Waals surface area contributed by atoms with E-state index in [2.05, 4.69) is 4.98 Å². The van der Waals surface area contributed by atoms with Crippen molar-refractivity contribution >= 4 is 28.6 Å². The lowest BCUT2D eigenvalue weighted by Crippen LogP contribution is -2.37. The normalized spacial score (nSPS) is 17.1. The Labute approximate surface area is 154 Å². The van der Waals surface area contributed by atoms with Gasteiger partial charge in [0.25, 0.3) is 11.8 Å². The topological polar surface area (TPSA) is 76.6 Å². The van der Waals surface area contributed by atoms with Gasteiger partial charge in [-0.25, -0.2) is 4.79 Å². The second-order valence-corrected chi connectivity index (χ2v) is 6.79. The predicted octanol–water partition coefficient (Wildman–Crippen LogP) is 3.02. The number of nitrogens with zero attached hydrogens (tertiary/aromatic N) is 2. The van der Waals surface area contributed by atoms with Gasteiger partial charge >= 0.3 is 5.97 Å². The van der Waals surface area contributed by atoms with Crippen molar-refractivity contribution in [1.29, 1.82) is 0 Å². The van der Waals surface area contributed by atoms with Gasteiger partial charge in [-0.1, -0.05) is 41.5 Å². The zero-order chi connectivity index (χ0) is 18.6. The average Bonchev–Trinajstić information content (AvgIpc) is 3.48. The molecule has 0 saturated heterocycles. The molecule has 2 aliphatic rings. The molecule has 5 rings (SSSR count). The Morgan fingerprint density at radius 1 is 0.926 bits per heavy atom. The van der Waals surface area contributed by atoms with Crippen molar-refractivity contribution in [2.45, 2.75) is 18.3 Å². The molecule has 0 bridgehead atoms. The number of fused-ring (bicyclic) bond motifs is 2. The predicted molar refractivity (Wildman–Crippen MR) is 95.7 cm³/mol. The highest BCUT2D eigenvalue weighted by molar-refractivity contribution is 6.21. The van der Waals surface area contributed by atoms with Gasteiger partial charge in [-0.3, -0.25) is 14.6 Å². The first-order chi connectivity index (χ1) is 13.1. The first kappa shape index (κ1) is 15.7. The van der Waals surface area contributed by atoms with Gasteiger partial charge in [0, 0.05) is 11.6 Å². The molecule has 0 spiro atoms. The number of hydrogen-bond donors (Lipinski definition) is 0. The van der Waals surface area contributed by atoms with Crippen molar-refractivity contribution in [3.05, 3.63) is 77.6 Å². The van der Waals surface area contributed by atoms with Crippen LogP contribution in [0.4, 0.5) is 0 Å². The number of hydrogen-bond acceptors (Lipinski definition) is 5. The molecule has 27 heavy (non-hydrogen) atoms. The van der Waals surface area contributed by atoms with Crippen molar-refractivity contribution in [3.8, 4) is 0 Å². The Balaban J connectivity index is 1.48. The van der Waals surface area contributed by atoms with E-state index in [9.17, 15) is 14.4 Å². The number of rotatable bonds is 3. The van der Waals surface area contributed by atoms with Crippen LogP contribution in [0.15, 0.2) is 60.8 Å². The highest BCUT2D eigenvalue weighted by atomic mass is 16.7. The third-order valence-electron chi connectivity index (χ3n) is 5.20. The van der Waals surface area contributed by atoms with Gasteiger partial charge in [0.05, 0.1) is 16.8 Å². The molecule has 1 aliphatic heterocycles. The van der Waals surface area contributed by atoms with E-state index >= 15 is 0 Å². The number of carbonyl (C=O) groups excluding carboxylic acids is 3. The summed E-state index contributed by atoms with van der Waals surface area (Å²) in [7, 11) is 0. The summed E-state index contributed by atoms with van der Waals surface area (Å²) in [6.07, 6.45) is 2.79. The molecule has 2 heterocycles. The summed E-state index contributed by atoms with van der Waals surface area (Å²) >= 11 is 0. The van der Waals surface area contributed by atoms with E-state index in [1.165, 1.54) is 0 Å². The summed E-state index contributed by atoms with van der Waals surface area (Å²) in [5, 5.41) is 2.41. The van der Waals surface area contributed by atoms with Gasteiger partial charge < -0.3 is 4.84 Å². The van der Waals surface area contributed by atoms with E-state index < -0.39 is 23.2 Å². The molecule has 132 valence electrons. The molecule has 1 fully saturated rings. The fourth-order valence-corrected chi connectivity index (χ4v) is 3.58. The number of imide groups is 1. The first-order valence-electron chi connectivity index (χ1n) is 8.66. The van der Waals surface area contributed by atoms with Gasteiger partial charge in [-0.15, -0.1) is 0 Å². The Morgan fingerprint density at radius 3 is 2.22 bits per heavy atom. The molecular formula is C21H14N2O4. The van der Waals surface area contributed by atoms with Gasteiger partial charge in [0.1, 0.15) is 5.41 Å². The van der Waals surface area contributed by atoms with Crippen LogP contribution in [0.3, 0.4) is 0 Å². The highest BCUT2D eigenvalue weighted by Gasteiger charge is 2.57. The Morgan fingerprint density at radius 2 is 1.56 bits per heavy atom. The zero-order valence-electron chi connectivity index (χ0n) is 14.2. The van der Waals surface area contributed by atoms with E-state index in [0.717, 1.165) is 10.8 Å². The minimum Gasteiger partial charge on any atom is -0.329 e. The first-order valence-corrected chi connectivity index (χ1v) is 8.66. The number of amides is 2. The summed E-state index contributed by atoms with van der Waals surface area (Å²) in [5.41, 5.74) is 0.185. The van der Waals surface area contributed by atoms with Crippen LogP contribution in [0, 0.1) is 0 Å². The third-order valence-corrected chi connectivity index (χ3v) is 5.20. The lowest BCUT2D eigenvalue weighted by Gasteiger charge is -2.19. The van der Waals surface area contributed by atoms with Crippen LogP contribution in [0.25, 0.3) is 10.8 Å². The molecule has 1 saturated carbocycles. The molecule has 6 nitrogen and oxygen atoms in total. The molecule has 1 aliphatic carbocycles. The third kappa shape index (κ3) is 2.19. The van der Waals surface area contributed by atoms with Gasteiger partial charge in [0.2, 0.25) is 0 Å². The van der Waals surface area contributed by atoms with Crippen molar-refractivity contribution < 1.29 is 19.2 Å². The molecule has 0 atom stereocenters. The monoisotopic (exact) mass is 358 g/mol. The molecule has 2 amide bonds. The molecule has 1 aromatic heterocycles. The second-order valence-electron chi connectivity index (χ2n) is 6.79. The molecule has 3 aromatic rings. The van der Waals surface area contributed by atoms with Crippen LogP contribution in [-0.4, -0.2) is 27.8 Å². The van der Waals surface area contributed by atoms with Crippen molar-refractivity contribution in [1.82, 2.24) is 10.0 Å². The maximum atomic E-state index is 13.0. The van der Waals surface area contributed by atoms with E-state index in [4.69, 9.17) is 4.84 Å². The standard InChI is InChI=1S/C21H14N2O4/c24-18-15-7-3-4-8-16(15)19(25)23(18)27-20(26)21(10-11-21)17-14-6-2-1-5-13(14)9-12-22-17/h1-9,12H,10-11H2. The van der Waals surface area contributed by atoms with Crippen LogP contribution in [0.5, 0.6) is 0 Å². The van der Waals surface area contributed by atoms with E-state index in [-0.39, 0.29) is 11.1 Å². The smallest absolute Gasteiger partial charge is 0.329 e. The van der Waals surface area contributed by atoms with Crippen molar-refractivity contribution in [2.75, 3.05) is 0 Å². The fourth-order valence-electron chi connectivity index (χ4n) is 3.58. The largest absolute Gasteiger partial charge is 0.345 e. The van der Waals surface area contributed by atoms with Crippen LogP contribution < -0.4 is 0 Å². The maximum Gasteiger partial charge on any atom is 0.345 e. The van der Waals surface area contributed by atoms with Crippen LogP contribution in [0.1, 0.15) is 39.3 Å². The molecule has 0 unspecified atom stereocenters. The molecule has 6 heteroatoms. The zero-order valence-corrected chi connectivity index (χ0v) is 14.2. The Kier molecular flexibility index (Phi) is 3.18. The van der Waals surface area contributed by atoms with E-state index in [1.54, 1.807) is 30.5 Å². The molecule has 2 aromatic carbocycles. The Bertz CT molecular complexity index is 1090. The van der Waals surface area contributed by atoms with Crippen LogP contribution >= 0.6 is 0 Å². The summed E-state index contributed by atoms with van der Waals surface area (Å²) in [4.78, 5) is 47.6. The van der Waals surface area contributed by atoms with Gasteiger partial charge in [-0.2, -0.15) is 0 Å². The maximum absolute atomic E-state index is 13.0. The SMILES string of the molecule is O=C1c2ccccc2C(=O)N1OC(=O)C1(c2nccc3ccccc23)CC1. The van der Waals surface area contributed by atoms with E-state index in [0.29, 0.717) is 23.6 Å². The lowest BCUT2D eigenvalue weighted by atomic mass is 9.96. The number of aromatic nitrogens is 1. The summed E-state index contributed by atoms with van der Waals surface area (Å²) in [5.74, 6) is -1.86. The van der Waals surface area contributed by atoms with Crippen molar-refractivity contribution in [2.24, 2.45) is 0 Å². The quantitative estimate of drug-likeness (QED) is 0.673. The number of benzene rings is 2. The number of pyridine rings is 1. The average molecular weight is 358 g/mol. The molecular weight excluding hydrogens is 344 g/mol.